The van der Waals surface area contributed by atoms with Gasteiger partial charge >= 0.3 is 0 Å². The zero-order valence-electron chi connectivity index (χ0n) is 13.2. The standard InChI is InChI=1S/C16H22N4O/c1-10-8-6-7-9-12(10)11(2)17-14(21)13-18-15(20-19-13)16(3,4)5/h6-9,11H,1-5H3,(H,17,21)(H,18,19,20). The van der Waals surface area contributed by atoms with E-state index in [0.29, 0.717) is 5.82 Å². The molecule has 0 aliphatic rings. The number of amides is 1. The molecule has 0 aliphatic heterocycles. The molecule has 0 aliphatic carbocycles. The number of aryl methyl sites for hydroxylation is 1. The van der Waals surface area contributed by atoms with Gasteiger partial charge in [0.25, 0.3) is 5.91 Å². The molecule has 2 N–H and O–H groups in total. The summed E-state index contributed by atoms with van der Waals surface area (Å²) in [6.45, 7) is 10.0. The van der Waals surface area contributed by atoms with Gasteiger partial charge in [-0.25, -0.2) is 4.98 Å². The first-order valence-electron chi connectivity index (χ1n) is 7.08. The van der Waals surface area contributed by atoms with Gasteiger partial charge in [0.15, 0.2) is 0 Å². The lowest BCUT2D eigenvalue weighted by Gasteiger charge is -2.15. The number of carbonyl (C=O) groups excluding carboxylic acids is 1. The first-order valence-corrected chi connectivity index (χ1v) is 7.08. The van der Waals surface area contributed by atoms with Gasteiger partial charge in [0.1, 0.15) is 5.82 Å². The molecule has 0 spiro atoms. The van der Waals surface area contributed by atoms with Crippen LogP contribution >= 0.6 is 0 Å². The summed E-state index contributed by atoms with van der Waals surface area (Å²) in [5.41, 5.74) is 2.08. The van der Waals surface area contributed by atoms with E-state index in [-0.39, 0.29) is 23.2 Å². The smallest absolute Gasteiger partial charge is 0.291 e. The average molecular weight is 286 g/mol. The van der Waals surface area contributed by atoms with Gasteiger partial charge < -0.3 is 5.32 Å². The highest BCUT2D eigenvalue weighted by Crippen LogP contribution is 2.19. The third kappa shape index (κ3) is 3.48. The Labute approximate surface area is 125 Å². The van der Waals surface area contributed by atoms with Crippen LogP contribution in [-0.2, 0) is 5.41 Å². The van der Waals surface area contributed by atoms with Crippen LogP contribution in [0.4, 0.5) is 0 Å². The highest BCUT2D eigenvalue weighted by molar-refractivity contribution is 5.90. The molecule has 112 valence electrons. The lowest BCUT2D eigenvalue weighted by molar-refractivity contribution is 0.0929. The first-order chi connectivity index (χ1) is 9.79. The molecule has 1 unspecified atom stereocenters. The third-order valence-corrected chi connectivity index (χ3v) is 3.40. The molecule has 0 saturated heterocycles. The van der Waals surface area contributed by atoms with Crippen molar-refractivity contribution in [1.82, 2.24) is 20.5 Å². The summed E-state index contributed by atoms with van der Waals surface area (Å²) in [4.78, 5) is 16.5. The zero-order valence-corrected chi connectivity index (χ0v) is 13.2. The Balaban J connectivity index is 2.11. The molecule has 1 atom stereocenters. The topological polar surface area (TPSA) is 70.7 Å². The number of benzene rings is 1. The van der Waals surface area contributed by atoms with Crippen LogP contribution in [0.5, 0.6) is 0 Å². The maximum Gasteiger partial charge on any atom is 0.291 e. The van der Waals surface area contributed by atoms with Crippen LogP contribution in [-0.4, -0.2) is 21.1 Å². The van der Waals surface area contributed by atoms with Crippen molar-refractivity contribution in [3.05, 3.63) is 47.0 Å². The average Bonchev–Trinajstić information content (AvgIpc) is 2.88. The van der Waals surface area contributed by atoms with Crippen LogP contribution in [0, 0.1) is 6.92 Å². The van der Waals surface area contributed by atoms with Gasteiger partial charge in [0.2, 0.25) is 5.82 Å². The molecule has 0 bridgehead atoms. The quantitative estimate of drug-likeness (QED) is 0.911. The number of aromatic amines is 1. The number of aromatic nitrogens is 3. The highest BCUT2D eigenvalue weighted by Gasteiger charge is 2.22. The number of nitrogens with zero attached hydrogens (tertiary/aromatic N) is 2. The number of H-pyrrole nitrogens is 1. The molecule has 1 heterocycles. The van der Waals surface area contributed by atoms with Crippen LogP contribution in [0.2, 0.25) is 0 Å². The molecule has 1 amide bonds. The lowest BCUT2D eigenvalue weighted by atomic mass is 9.96. The lowest BCUT2D eigenvalue weighted by Crippen LogP contribution is -2.28. The van der Waals surface area contributed by atoms with Crippen LogP contribution in [0.25, 0.3) is 0 Å². The van der Waals surface area contributed by atoms with Crippen molar-refractivity contribution in [3.8, 4) is 0 Å². The van der Waals surface area contributed by atoms with Crippen molar-refractivity contribution in [2.45, 2.75) is 46.1 Å². The van der Waals surface area contributed by atoms with Gasteiger partial charge in [-0.1, -0.05) is 45.0 Å². The Morgan fingerprint density at radius 3 is 2.52 bits per heavy atom. The summed E-state index contributed by atoms with van der Waals surface area (Å²) in [7, 11) is 0. The fourth-order valence-electron chi connectivity index (χ4n) is 2.11. The predicted octanol–water partition coefficient (Wildman–Crippen LogP) is 2.90. The number of hydrogen-bond acceptors (Lipinski definition) is 3. The van der Waals surface area contributed by atoms with Crippen molar-refractivity contribution >= 4 is 5.91 Å². The molecule has 0 saturated carbocycles. The van der Waals surface area contributed by atoms with E-state index in [0.717, 1.165) is 11.1 Å². The minimum absolute atomic E-state index is 0.0877. The summed E-state index contributed by atoms with van der Waals surface area (Å²) < 4.78 is 0. The normalized spacial score (nSPS) is 13.0. The molecule has 1 aromatic heterocycles. The van der Waals surface area contributed by atoms with Gasteiger partial charge in [0, 0.05) is 5.41 Å². The van der Waals surface area contributed by atoms with E-state index in [9.17, 15) is 4.79 Å². The molecule has 1 aromatic carbocycles. The largest absolute Gasteiger partial charge is 0.343 e. The molecular weight excluding hydrogens is 264 g/mol. The van der Waals surface area contributed by atoms with Crippen molar-refractivity contribution in [2.24, 2.45) is 0 Å². The van der Waals surface area contributed by atoms with E-state index in [1.54, 1.807) is 0 Å². The van der Waals surface area contributed by atoms with Gasteiger partial charge in [-0.05, 0) is 25.0 Å². The molecule has 5 heteroatoms. The molecule has 5 nitrogen and oxygen atoms in total. The maximum absolute atomic E-state index is 12.2. The van der Waals surface area contributed by atoms with Crippen LogP contribution in [0.3, 0.4) is 0 Å². The Morgan fingerprint density at radius 1 is 1.29 bits per heavy atom. The second-order valence-corrected chi connectivity index (χ2v) is 6.31. The highest BCUT2D eigenvalue weighted by atomic mass is 16.2. The van der Waals surface area contributed by atoms with E-state index in [4.69, 9.17) is 0 Å². The second-order valence-electron chi connectivity index (χ2n) is 6.31. The Kier molecular flexibility index (Phi) is 4.11. The number of nitrogens with one attached hydrogen (secondary N) is 2. The summed E-state index contributed by atoms with van der Waals surface area (Å²) in [6.07, 6.45) is 0. The van der Waals surface area contributed by atoms with Crippen molar-refractivity contribution in [1.29, 1.82) is 0 Å². The zero-order chi connectivity index (χ0) is 15.6. The van der Waals surface area contributed by atoms with Crippen molar-refractivity contribution in [2.75, 3.05) is 0 Å². The molecular formula is C16H22N4O. The minimum Gasteiger partial charge on any atom is -0.343 e. The van der Waals surface area contributed by atoms with Crippen molar-refractivity contribution < 1.29 is 4.79 Å². The Hall–Kier alpha value is -2.17. The maximum atomic E-state index is 12.2. The van der Waals surface area contributed by atoms with Crippen molar-refractivity contribution in [3.63, 3.8) is 0 Å². The first kappa shape index (κ1) is 15.2. The molecule has 2 rings (SSSR count). The number of hydrogen-bond donors (Lipinski definition) is 2. The Morgan fingerprint density at radius 2 is 1.95 bits per heavy atom. The summed E-state index contributed by atoms with van der Waals surface area (Å²) in [6, 6.07) is 7.91. The fraction of sp³-hybridized carbons (Fsp3) is 0.438. The number of carbonyl (C=O) groups is 1. The number of rotatable bonds is 3. The van der Waals surface area contributed by atoms with Crippen LogP contribution in [0.15, 0.2) is 24.3 Å². The van der Waals surface area contributed by atoms with Gasteiger partial charge in [-0.15, -0.1) is 5.10 Å². The van der Waals surface area contributed by atoms with Crippen LogP contribution < -0.4 is 5.32 Å². The van der Waals surface area contributed by atoms with E-state index >= 15 is 0 Å². The van der Waals surface area contributed by atoms with Crippen LogP contribution in [0.1, 0.15) is 61.3 Å². The molecule has 0 fully saturated rings. The minimum atomic E-state index is -0.266. The van der Waals surface area contributed by atoms with Gasteiger partial charge in [-0.2, -0.15) is 0 Å². The molecule has 2 aromatic rings. The SMILES string of the molecule is Cc1ccccc1C(C)NC(=O)c1n[nH]c(C(C)(C)C)n1. The van der Waals surface area contributed by atoms with E-state index in [1.165, 1.54) is 0 Å². The van der Waals surface area contributed by atoms with E-state index in [1.807, 2.05) is 58.9 Å². The Bertz CT molecular complexity index is 640. The predicted molar refractivity (Wildman–Crippen MR) is 82.1 cm³/mol. The van der Waals surface area contributed by atoms with E-state index < -0.39 is 0 Å². The molecule has 0 radical (unpaired) electrons. The van der Waals surface area contributed by atoms with Gasteiger partial charge in [0.05, 0.1) is 6.04 Å². The third-order valence-electron chi connectivity index (χ3n) is 3.40. The summed E-state index contributed by atoms with van der Waals surface area (Å²) in [5, 5.41) is 9.77. The van der Waals surface area contributed by atoms with Gasteiger partial charge in [-0.3, -0.25) is 9.89 Å². The molecule has 21 heavy (non-hydrogen) atoms. The monoisotopic (exact) mass is 286 g/mol. The second kappa shape index (κ2) is 5.68. The summed E-state index contributed by atoms with van der Waals surface area (Å²) >= 11 is 0. The summed E-state index contributed by atoms with van der Waals surface area (Å²) in [5.74, 6) is 0.619. The van der Waals surface area contributed by atoms with E-state index in [2.05, 4.69) is 20.5 Å². The fourth-order valence-corrected chi connectivity index (χ4v) is 2.11.